The lowest BCUT2D eigenvalue weighted by atomic mass is 10.1. The fourth-order valence-corrected chi connectivity index (χ4v) is 3.88. The first-order chi connectivity index (χ1) is 16.3. The van der Waals surface area contributed by atoms with E-state index in [0.717, 1.165) is 35.0 Å². The normalized spacial score (nSPS) is 11.2. The van der Waals surface area contributed by atoms with E-state index in [2.05, 4.69) is 9.97 Å². The van der Waals surface area contributed by atoms with Crippen LogP contribution in [0.25, 0.3) is 22.6 Å². The average Bonchev–Trinajstić information content (AvgIpc) is 2.80. The standard InChI is InChI=1S/C25H27N5O4/c1-16-13-19-20(14-17(16)2)29(12-8-4-7-11-21(26)31)23-22(27-19)24(32)30(25(33)28-23)34-15-18-9-5-3-6-10-18/h3,5-6,9-10,13-14H,4,7-8,11-12,15H2,1-2H3,(H2,26,31). The van der Waals surface area contributed by atoms with Crippen LogP contribution in [0.4, 0.5) is 0 Å². The summed E-state index contributed by atoms with van der Waals surface area (Å²) in [5.74, 6) is -0.104. The lowest BCUT2D eigenvalue weighted by Crippen LogP contribution is -2.42. The third-order valence-electron chi connectivity index (χ3n) is 5.85. The van der Waals surface area contributed by atoms with Crippen LogP contribution in [0.1, 0.15) is 42.4 Å². The summed E-state index contributed by atoms with van der Waals surface area (Å²) in [5, 5.41) is 0. The van der Waals surface area contributed by atoms with Crippen LogP contribution in [0, 0.1) is 13.8 Å². The van der Waals surface area contributed by atoms with Crippen molar-refractivity contribution in [3.63, 3.8) is 0 Å². The van der Waals surface area contributed by atoms with E-state index in [1.54, 1.807) is 0 Å². The van der Waals surface area contributed by atoms with Crippen LogP contribution in [-0.4, -0.2) is 25.2 Å². The van der Waals surface area contributed by atoms with E-state index in [0.29, 0.717) is 29.6 Å². The monoisotopic (exact) mass is 461 g/mol. The zero-order valence-corrected chi connectivity index (χ0v) is 19.3. The van der Waals surface area contributed by atoms with E-state index >= 15 is 0 Å². The van der Waals surface area contributed by atoms with Crippen molar-refractivity contribution >= 4 is 16.9 Å². The summed E-state index contributed by atoms with van der Waals surface area (Å²) in [4.78, 5) is 51.3. The van der Waals surface area contributed by atoms with Crippen LogP contribution in [0.5, 0.6) is 0 Å². The quantitative estimate of drug-likeness (QED) is 0.302. The van der Waals surface area contributed by atoms with E-state index in [4.69, 9.17) is 10.6 Å². The maximum atomic E-state index is 13.2. The van der Waals surface area contributed by atoms with Crippen molar-refractivity contribution in [2.45, 2.75) is 52.7 Å². The summed E-state index contributed by atoms with van der Waals surface area (Å²) < 4.78 is 2.53. The molecule has 2 aliphatic rings. The summed E-state index contributed by atoms with van der Waals surface area (Å²) in [7, 11) is 0. The molecule has 176 valence electrons. The van der Waals surface area contributed by atoms with Crippen LogP contribution in [-0.2, 0) is 17.9 Å². The third kappa shape index (κ3) is 4.83. The van der Waals surface area contributed by atoms with Gasteiger partial charge < -0.3 is 15.1 Å². The number of carbonyl (C=O) groups is 1. The molecule has 0 atom stereocenters. The Morgan fingerprint density at radius 3 is 2.47 bits per heavy atom. The number of carbonyl (C=O) groups excluding carboxylic acids is 1. The maximum absolute atomic E-state index is 13.2. The van der Waals surface area contributed by atoms with Crippen molar-refractivity contribution in [2.24, 2.45) is 5.73 Å². The molecular weight excluding hydrogens is 434 g/mol. The van der Waals surface area contributed by atoms with Gasteiger partial charge in [-0.25, -0.2) is 9.78 Å². The molecule has 9 nitrogen and oxygen atoms in total. The fourth-order valence-electron chi connectivity index (χ4n) is 3.88. The second-order valence-corrected chi connectivity index (χ2v) is 8.39. The van der Waals surface area contributed by atoms with Gasteiger partial charge >= 0.3 is 11.2 Å². The smallest absolute Gasteiger partial charge is 0.386 e. The first-order valence-electron chi connectivity index (χ1n) is 11.2. The number of hydrogen-bond donors (Lipinski definition) is 1. The Kier molecular flexibility index (Phi) is 6.72. The Morgan fingerprint density at radius 2 is 1.74 bits per heavy atom. The summed E-state index contributed by atoms with van der Waals surface area (Å²) >= 11 is 0. The lowest BCUT2D eigenvalue weighted by molar-refractivity contribution is -0.118. The minimum Gasteiger partial charge on any atom is -0.401 e. The summed E-state index contributed by atoms with van der Waals surface area (Å²) in [6.07, 6.45) is 2.50. The predicted molar refractivity (Wildman–Crippen MR) is 129 cm³/mol. The van der Waals surface area contributed by atoms with Gasteiger partial charge in [-0.3, -0.25) is 9.59 Å². The highest BCUT2D eigenvalue weighted by Crippen LogP contribution is 2.24. The minimum absolute atomic E-state index is 0.0505. The van der Waals surface area contributed by atoms with E-state index in [1.807, 2.05) is 60.9 Å². The van der Waals surface area contributed by atoms with Crippen LogP contribution in [0.2, 0.25) is 0 Å². The molecule has 2 aromatic carbocycles. The van der Waals surface area contributed by atoms with Gasteiger partial charge in [0.1, 0.15) is 6.61 Å². The summed E-state index contributed by atoms with van der Waals surface area (Å²) in [6.45, 7) is 4.54. The van der Waals surface area contributed by atoms with Crippen molar-refractivity contribution in [3.05, 3.63) is 80.0 Å². The molecule has 34 heavy (non-hydrogen) atoms. The molecular formula is C25H27N5O4. The maximum Gasteiger partial charge on any atom is 0.386 e. The molecule has 0 radical (unpaired) electrons. The number of fused-ring (bicyclic) bond motifs is 2. The number of unbranched alkanes of at least 4 members (excludes halogenated alkanes) is 2. The van der Waals surface area contributed by atoms with Gasteiger partial charge in [-0.2, -0.15) is 4.98 Å². The number of amides is 1. The van der Waals surface area contributed by atoms with E-state index in [9.17, 15) is 14.4 Å². The number of rotatable bonds is 9. The van der Waals surface area contributed by atoms with E-state index in [1.165, 1.54) is 0 Å². The summed E-state index contributed by atoms with van der Waals surface area (Å²) in [6, 6.07) is 13.2. The Morgan fingerprint density at radius 1 is 1.00 bits per heavy atom. The first kappa shape index (κ1) is 23.2. The van der Waals surface area contributed by atoms with Crippen molar-refractivity contribution in [1.29, 1.82) is 0 Å². The molecule has 0 aliphatic carbocycles. The highest BCUT2D eigenvalue weighted by atomic mass is 16.7. The number of hydrogen-bond acceptors (Lipinski definition) is 6. The number of aromatic nitrogens is 4. The van der Waals surface area contributed by atoms with Crippen LogP contribution in [0.15, 0.2) is 52.1 Å². The first-order valence-corrected chi connectivity index (χ1v) is 11.2. The zero-order valence-electron chi connectivity index (χ0n) is 19.3. The molecule has 2 aliphatic heterocycles. The van der Waals surface area contributed by atoms with Gasteiger partial charge in [0.15, 0.2) is 11.5 Å². The molecule has 0 unspecified atom stereocenters. The second kappa shape index (κ2) is 9.86. The molecule has 1 amide bonds. The van der Waals surface area contributed by atoms with Gasteiger partial charge in [0.05, 0.1) is 11.0 Å². The van der Waals surface area contributed by atoms with Crippen molar-refractivity contribution in [2.75, 3.05) is 0 Å². The Bertz CT molecular complexity index is 1430. The van der Waals surface area contributed by atoms with Gasteiger partial charge in [0.25, 0.3) is 0 Å². The van der Waals surface area contributed by atoms with Gasteiger partial charge in [0.2, 0.25) is 5.91 Å². The SMILES string of the molecule is Cc1cc2nc3c(=O)n(OCc4ccccc4)c(=O)nc-3n(CCCCCC(N)=O)c2cc1C. The molecule has 2 N–H and O–H groups in total. The largest absolute Gasteiger partial charge is 0.401 e. The molecule has 0 spiro atoms. The molecule has 0 bridgehead atoms. The minimum atomic E-state index is -0.791. The number of nitrogens with zero attached hydrogens (tertiary/aromatic N) is 4. The van der Waals surface area contributed by atoms with Gasteiger partial charge in [0, 0.05) is 13.0 Å². The third-order valence-corrected chi connectivity index (χ3v) is 5.85. The van der Waals surface area contributed by atoms with Crippen LogP contribution >= 0.6 is 0 Å². The molecule has 0 aromatic heterocycles. The Hall–Kier alpha value is -4.01. The number of benzene rings is 2. The second-order valence-electron chi connectivity index (χ2n) is 8.39. The average molecular weight is 462 g/mol. The molecule has 0 saturated heterocycles. The number of aryl methyl sites for hydroxylation is 3. The highest BCUT2D eigenvalue weighted by Gasteiger charge is 2.22. The van der Waals surface area contributed by atoms with E-state index < -0.39 is 11.2 Å². The molecule has 2 aromatic rings. The molecule has 9 heteroatoms. The number of primary amides is 1. The van der Waals surface area contributed by atoms with Gasteiger partial charge in [-0.05, 0) is 55.5 Å². The van der Waals surface area contributed by atoms with Gasteiger partial charge in [-0.15, -0.1) is 0 Å². The fraction of sp³-hybridized carbons (Fsp3) is 0.320. The molecule has 2 heterocycles. The highest BCUT2D eigenvalue weighted by molar-refractivity contribution is 5.81. The molecule has 0 saturated carbocycles. The van der Waals surface area contributed by atoms with Crippen molar-refractivity contribution < 1.29 is 9.63 Å². The molecule has 0 fully saturated rings. The number of nitrogens with two attached hydrogens (primary N) is 1. The zero-order chi connectivity index (χ0) is 24.2. The van der Waals surface area contributed by atoms with Crippen molar-refractivity contribution in [1.82, 2.24) is 19.3 Å². The van der Waals surface area contributed by atoms with E-state index in [-0.39, 0.29) is 24.0 Å². The Labute approximate surface area is 196 Å². The predicted octanol–water partition coefficient (Wildman–Crippen LogP) is 2.35. The lowest BCUT2D eigenvalue weighted by Gasteiger charge is -2.19. The van der Waals surface area contributed by atoms with Crippen LogP contribution < -0.4 is 21.8 Å². The summed E-state index contributed by atoms with van der Waals surface area (Å²) in [5.41, 5.74) is 8.22. The topological polar surface area (TPSA) is 122 Å². The Balaban J connectivity index is 1.77. The van der Waals surface area contributed by atoms with Gasteiger partial charge in [-0.1, -0.05) is 41.5 Å². The molecule has 4 rings (SSSR count). The van der Waals surface area contributed by atoms with Crippen LogP contribution in [0.3, 0.4) is 0 Å². The van der Waals surface area contributed by atoms with Crippen molar-refractivity contribution in [3.8, 4) is 11.5 Å².